The van der Waals surface area contributed by atoms with Crippen LogP contribution in [-0.2, 0) is 0 Å². The fraction of sp³-hybridized carbons (Fsp3) is 0.222. The number of hydrogen-bond acceptors (Lipinski definition) is 4. The van der Waals surface area contributed by atoms with Gasteiger partial charge in [-0.2, -0.15) is 5.10 Å². The molecule has 0 aromatic heterocycles. The van der Waals surface area contributed by atoms with Crippen LogP contribution in [-0.4, -0.2) is 18.9 Å². The Morgan fingerprint density at radius 2 is 1.67 bits per heavy atom. The van der Waals surface area contributed by atoms with Crippen molar-refractivity contribution in [2.75, 3.05) is 6.61 Å². The molecule has 0 unspecified atom stereocenters. The summed E-state index contributed by atoms with van der Waals surface area (Å²) in [6, 6.07) is 14.1. The summed E-state index contributed by atoms with van der Waals surface area (Å²) >= 11 is 0. The average molecular weight is 327 g/mol. The number of nitrogens with one attached hydrogen (secondary N) is 1. The van der Waals surface area contributed by atoms with Gasteiger partial charge < -0.3 is 15.2 Å². The van der Waals surface area contributed by atoms with E-state index in [1.165, 1.54) is 6.21 Å². The van der Waals surface area contributed by atoms with E-state index in [1.807, 2.05) is 48.5 Å². The van der Waals surface area contributed by atoms with Crippen LogP contribution in [0.1, 0.15) is 25.3 Å². The van der Waals surface area contributed by atoms with Crippen molar-refractivity contribution in [2.24, 2.45) is 10.8 Å². The predicted molar refractivity (Wildman–Crippen MR) is 93.7 cm³/mol. The Bertz CT molecular complexity index is 667. The van der Waals surface area contributed by atoms with Crippen LogP contribution in [0.5, 0.6) is 17.2 Å². The first-order valence-electron chi connectivity index (χ1n) is 7.76. The highest BCUT2D eigenvalue weighted by atomic mass is 16.5. The van der Waals surface area contributed by atoms with Crippen LogP contribution < -0.4 is 20.6 Å². The molecule has 2 aromatic carbocycles. The normalized spacial score (nSPS) is 10.5. The summed E-state index contributed by atoms with van der Waals surface area (Å²) in [5.74, 6) is 2.27. The van der Waals surface area contributed by atoms with Gasteiger partial charge in [-0.15, -0.1) is 0 Å². The molecule has 126 valence electrons. The number of nitrogens with two attached hydrogens (primary N) is 1. The van der Waals surface area contributed by atoms with Crippen molar-refractivity contribution >= 4 is 12.2 Å². The number of hydrazone groups is 1. The maximum absolute atomic E-state index is 10.5. The molecule has 24 heavy (non-hydrogen) atoms. The number of urea groups is 1. The number of unbranched alkanes of at least 4 members (excludes halogenated alkanes) is 1. The summed E-state index contributed by atoms with van der Waals surface area (Å²) in [6.07, 6.45) is 3.65. The van der Waals surface area contributed by atoms with E-state index in [1.54, 1.807) is 0 Å². The molecule has 0 radical (unpaired) electrons. The molecule has 0 saturated heterocycles. The second-order valence-corrected chi connectivity index (χ2v) is 5.08. The highest BCUT2D eigenvalue weighted by Gasteiger charge is 1.99. The van der Waals surface area contributed by atoms with Crippen molar-refractivity contribution in [3.63, 3.8) is 0 Å². The topological polar surface area (TPSA) is 85.9 Å². The molecular formula is C18H21N3O3. The van der Waals surface area contributed by atoms with Crippen molar-refractivity contribution in [2.45, 2.75) is 19.8 Å². The van der Waals surface area contributed by atoms with Gasteiger partial charge in [0.25, 0.3) is 0 Å². The third-order valence-corrected chi connectivity index (χ3v) is 3.09. The quantitative estimate of drug-likeness (QED) is 0.441. The molecule has 0 aliphatic carbocycles. The minimum atomic E-state index is -0.701. The zero-order chi connectivity index (χ0) is 17.2. The Morgan fingerprint density at radius 1 is 1.08 bits per heavy atom. The van der Waals surface area contributed by atoms with Gasteiger partial charge in [-0.05, 0) is 60.5 Å². The number of primary amides is 1. The highest BCUT2D eigenvalue weighted by molar-refractivity contribution is 5.81. The van der Waals surface area contributed by atoms with Gasteiger partial charge in [-0.25, -0.2) is 10.2 Å². The van der Waals surface area contributed by atoms with Gasteiger partial charge in [0.15, 0.2) is 0 Å². The maximum atomic E-state index is 10.5. The first-order valence-corrected chi connectivity index (χ1v) is 7.76. The van der Waals surface area contributed by atoms with Crippen molar-refractivity contribution in [1.82, 2.24) is 5.43 Å². The Labute approximate surface area is 141 Å². The Balaban J connectivity index is 1.89. The molecule has 2 rings (SSSR count). The van der Waals surface area contributed by atoms with Gasteiger partial charge in [0, 0.05) is 0 Å². The maximum Gasteiger partial charge on any atom is 0.332 e. The van der Waals surface area contributed by atoms with Gasteiger partial charge in [-0.1, -0.05) is 13.3 Å². The number of carbonyl (C=O) groups is 1. The largest absolute Gasteiger partial charge is 0.494 e. The molecule has 6 nitrogen and oxygen atoms in total. The minimum absolute atomic E-state index is 0.701. The number of nitrogens with zero attached hydrogens (tertiary/aromatic N) is 1. The molecule has 2 amide bonds. The summed E-state index contributed by atoms with van der Waals surface area (Å²) < 4.78 is 11.4. The monoisotopic (exact) mass is 327 g/mol. The number of ether oxygens (including phenoxy) is 2. The third kappa shape index (κ3) is 6.00. The van der Waals surface area contributed by atoms with E-state index in [9.17, 15) is 4.79 Å². The summed E-state index contributed by atoms with van der Waals surface area (Å²) in [5, 5.41) is 3.69. The number of carbonyl (C=O) groups excluding carboxylic acids is 1. The molecule has 0 atom stereocenters. The predicted octanol–water partition coefficient (Wildman–Crippen LogP) is 3.66. The lowest BCUT2D eigenvalue weighted by molar-refractivity contribution is 0.249. The van der Waals surface area contributed by atoms with E-state index >= 15 is 0 Å². The van der Waals surface area contributed by atoms with Gasteiger partial charge in [0.2, 0.25) is 0 Å². The molecular weight excluding hydrogens is 306 g/mol. The van der Waals surface area contributed by atoms with Crippen LogP contribution in [0, 0.1) is 0 Å². The standard InChI is InChI=1S/C18H21N3O3/c1-2-3-12-23-15-8-10-17(11-9-15)24-16-6-4-14(5-7-16)13-20-21-18(19)22/h4-11,13H,2-3,12H2,1H3,(H3,19,21,22)/b20-13+. The summed E-state index contributed by atoms with van der Waals surface area (Å²) in [5.41, 5.74) is 7.87. The van der Waals surface area contributed by atoms with Gasteiger partial charge in [0.05, 0.1) is 12.8 Å². The summed E-state index contributed by atoms with van der Waals surface area (Å²) in [7, 11) is 0. The lowest BCUT2D eigenvalue weighted by atomic mass is 10.2. The molecule has 3 N–H and O–H groups in total. The molecule has 2 aromatic rings. The first-order chi connectivity index (χ1) is 11.7. The molecule has 0 fully saturated rings. The molecule has 0 heterocycles. The Morgan fingerprint density at radius 3 is 2.25 bits per heavy atom. The fourth-order valence-electron chi connectivity index (χ4n) is 1.87. The SMILES string of the molecule is CCCCOc1ccc(Oc2ccc(/C=N/NC(N)=O)cc2)cc1. The molecule has 6 heteroatoms. The Kier molecular flexibility index (Phi) is 6.64. The van der Waals surface area contributed by atoms with Crippen LogP contribution >= 0.6 is 0 Å². The minimum Gasteiger partial charge on any atom is -0.494 e. The van der Waals surface area contributed by atoms with Gasteiger partial charge in [0.1, 0.15) is 17.2 Å². The van der Waals surface area contributed by atoms with E-state index in [0.717, 1.165) is 36.5 Å². The fourth-order valence-corrected chi connectivity index (χ4v) is 1.87. The van der Waals surface area contributed by atoms with E-state index < -0.39 is 6.03 Å². The number of benzene rings is 2. The highest BCUT2D eigenvalue weighted by Crippen LogP contribution is 2.24. The molecule has 0 aliphatic rings. The smallest absolute Gasteiger partial charge is 0.332 e. The number of amides is 2. The molecule has 0 spiro atoms. The third-order valence-electron chi connectivity index (χ3n) is 3.09. The van der Waals surface area contributed by atoms with Crippen molar-refractivity contribution in [1.29, 1.82) is 0 Å². The number of rotatable bonds is 8. The van der Waals surface area contributed by atoms with E-state index in [4.69, 9.17) is 15.2 Å². The lowest BCUT2D eigenvalue weighted by Gasteiger charge is -2.08. The van der Waals surface area contributed by atoms with E-state index in [2.05, 4.69) is 17.5 Å². The zero-order valence-corrected chi connectivity index (χ0v) is 13.6. The van der Waals surface area contributed by atoms with Gasteiger partial charge in [-0.3, -0.25) is 0 Å². The van der Waals surface area contributed by atoms with Crippen molar-refractivity contribution in [3.05, 3.63) is 54.1 Å². The molecule has 0 saturated carbocycles. The van der Waals surface area contributed by atoms with Crippen LogP contribution in [0.3, 0.4) is 0 Å². The first kappa shape index (κ1) is 17.3. The average Bonchev–Trinajstić information content (AvgIpc) is 2.58. The lowest BCUT2D eigenvalue weighted by Crippen LogP contribution is -2.24. The molecule has 0 aliphatic heterocycles. The van der Waals surface area contributed by atoms with Gasteiger partial charge >= 0.3 is 6.03 Å². The van der Waals surface area contributed by atoms with Crippen LogP contribution in [0.15, 0.2) is 53.6 Å². The second kappa shape index (κ2) is 9.19. The van der Waals surface area contributed by atoms with Crippen LogP contribution in [0.2, 0.25) is 0 Å². The van der Waals surface area contributed by atoms with Crippen molar-refractivity contribution in [3.8, 4) is 17.2 Å². The Hall–Kier alpha value is -3.02. The summed E-state index contributed by atoms with van der Waals surface area (Å²) in [6.45, 7) is 2.86. The van der Waals surface area contributed by atoms with Crippen LogP contribution in [0.25, 0.3) is 0 Å². The van der Waals surface area contributed by atoms with Crippen LogP contribution in [0.4, 0.5) is 4.79 Å². The van der Waals surface area contributed by atoms with Crippen molar-refractivity contribution < 1.29 is 14.3 Å². The van der Waals surface area contributed by atoms with E-state index in [-0.39, 0.29) is 0 Å². The summed E-state index contributed by atoms with van der Waals surface area (Å²) in [4.78, 5) is 10.5. The van der Waals surface area contributed by atoms with E-state index in [0.29, 0.717) is 5.75 Å². The molecule has 0 bridgehead atoms. The second-order valence-electron chi connectivity index (χ2n) is 5.08. The zero-order valence-electron chi connectivity index (χ0n) is 13.6. The number of hydrogen-bond donors (Lipinski definition) is 2.